The van der Waals surface area contributed by atoms with Gasteiger partial charge < -0.3 is 0 Å². The Morgan fingerprint density at radius 1 is 1.12 bits per heavy atom. The summed E-state index contributed by atoms with van der Waals surface area (Å²) in [7, 11) is -3.45. The van der Waals surface area contributed by atoms with Crippen LogP contribution in [0.1, 0.15) is 31.7 Å². The van der Waals surface area contributed by atoms with Gasteiger partial charge in [0.15, 0.2) is 0 Å². The molecule has 2 aromatic rings. The van der Waals surface area contributed by atoms with Crippen LogP contribution in [-0.2, 0) is 10.0 Å². The van der Waals surface area contributed by atoms with Crippen LogP contribution in [0.4, 0.5) is 5.82 Å². The molecule has 0 aromatic carbocycles. The zero-order valence-corrected chi connectivity index (χ0v) is 14.9. The fourth-order valence-electron chi connectivity index (χ4n) is 2.65. The largest absolute Gasteiger partial charge is 0.265 e. The summed E-state index contributed by atoms with van der Waals surface area (Å²) in [5.41, 5.74) is 4.59. The molecule has 3 rings (SSSR count). The number of pyridine rings is 2. The monoisotopic (exact) mass is 359 g/mol. The number of aromatic nitrogens is 2. The molecule has 2 aromatic heterocycles. The van der Waals surface area contributed by atoms with Crippen LogP contribution in [0.3, 0.4) is 0 Å². The first-order valence-corrected chi connectivity index (χ1v) is 9.68. The maximum atomic E-state index is 12.6. The highest BCUT2D eigenvalue weighted by molar-refractivity contribution is 7.89. The molecule has 1 aliphatic rings. The molecule has 1 aliphatic heterocycles. The number of sulfonamides is 1. The molecule has 0 atom stereocenters. The second kappa shape index (κ2) is 7.71. The Hall–Kier alpha value is -2.32. The lowest BCUT2D eigenvalue weighted by Crippen LogP contribution is -2.35. The van der Waals surface area contributed by atoms with Gasteiger partial charge in [0.1, 0.15) is 10.7 Å². The van der Waals surface area contributed by atoms with E-state index in [4.69, 9.17) is 0 Å². The molecule has 132 valence electrons. The van der Waals surface area contributed by atoms with Crippen LogP contribution in [0.5, 0.6) is 0 Å². The smallest absolute Gasteiger partial charge is 0.244 e. The summed E-state index contributed by atoms with van der Waals surface area (Å²) in [6.07, 6.45) is 7.69. The zero-order chi connectivity index (χ0) is 17.7. The van der Waals surface area contributed by atoms with Crippen LogP contribution in [-0.4, -0.2) is 41.5 Å². The van der Waals surface area contributed by atoms with Gasteiger partial charge in [-0.2, -0.15) is 9.41 Å². The quantitative estimate of drug-likeness (QED) is 0.654. The van der Waals surface area contributed by atoms with Gasteiger partial charge in [0.05, 0.1) is 5.71 Å². The van der Waals surface area contributed by atoms with E-state index in [2.05, 4.69) is 20.5 Å². The Labute approximate surface area is 147 Å². The summed E-state index contributed by atoms with van der Waals surface area (Å²) in [5.74, 6) is 0.492. The van der Waals surface area contributed by atoms with Crippen LogP contribution in [0.25, 0.3) is 0 Å². The van der Waals surface area contributed by atoms with Gasteiger partial charge in [-0.1, -0.05) is 6.42 Å². The summed E-state index contributed by atoms with van der Waals surface area (Å²) in [5, 5.41) is 4.26. The predicted molar refractivity (Wildman–Crippen MR) is 96.9 cm³/mol. The Kier molecular flexibility index (Phi) is 5.40. The van der Waals surface area contributed by atoms with Crippen LogP contribution >= 0.6 is 0 Å². The van der Waals surface area contributed by atoms with Crippen molar-refractivity contribution in [3.05, 3.63) is 48.4 Å². The number of hydrogen-bond donors (Lipinski definition) is 1. The van der Waals surface area contributed by atoms with Crippen molar-refractivity contribution >= 4 is 21.6 Å². The second-order valence-electron chi connectivity index (χ2n) is 5.89. The van der Waals surface area contributed by atoms with Gasteiger partial charge in [-0.25, -0.2) is 13.4 Å². The minimum absolute atomic E-state index is 0.217. The zero-order valence-electron chi connectivity index (χ0n) is 14.1. The van der Waals surface area contributed by atoms with Crippen LogP contribution in [0, 0.1) is 0 Å². The first-order chi connectivity index (χ1) is 12.1. The molecule has 0 unspecified atom stereocenters. The Morgan fingerprint density at radius 2 is 1.84 bits per heavy atom. The highest BCUT2D eigenvalue weighted by Gasteiger charge is 2.26. The van der Waals surface area contributed by atoms with E-state index in [1.807, 2.05) is 19.1 Å². The van der Waals surface area contributed by atoms with Crippen molar-refractivity contribution in [1.29, 1.82) is 0 Å². The summed E-state index contributed by atoms with van der Waals surface area (Å²) >= 11 is 0. The molecule has 1 N–H and O–H groups in total. The Morgan fingerprint density at radius 3 is 2.48 bits per heavy atom. The first kappa shape index (κ1) is 17.5. The molecule has 0 saturated carbocycles. The number of rotatable bonds is 5. The van der Waals surface area contributed by atoms with Gasteiger partial charge in [-0.3, -0.25) is 10.4 Å². The van der Waals surface area contributed by atoms with Crippen molar-refractivity contribution in [2.24, 2.45) is 5.10 Å². The normalized spacial score (nSPS) is 16.6. The van der Waals surface area contributed by atoms with Gasteiger partial charge in [0.25, 0.3) is 0 Å². The number of anilines is 1. The van der Waals surface area contributed by atoms with E-state index in [9.17, 15) is 8.42 Å². The summed E-state index contributed by atoms with van der Waals surface area (Å²) < 4.78 is 26.7. The highest BCUT2D eigenvalue weighted by atomic mass is 32.2. The van der Waals surface area contributed by atoms with Crippen molar-refractivity contribution in [2.45, 2.75) is 31.1 Å². The first-order valence-electron chi connectivity index (χ1n) is 8.24. The maximum absolute atomic E-state index is 12.6. The van der Waals surface area contributed by atoms with Crippen LogP contribution in [0.15, 0.2) is 52.9 Å². The topological polar surface area (TPSA) is 87.5 Å². The molecule has 0 amide bonds. The lowest BCUT2D eigenvalue weighted by Gasteiger charge is -2.25. The van der Waals surface area contributed by atoms with E-state index >= 15 is 0 Å². The Balaban J connectivity index is 1.70. The van der Waals surface area contributed by atoms with Crippen molar-refractivity contribution in [3.63, 3.8) is 0 Å². The summed E-state index contributed by atoms with van der Waals surface area (Å²) in [4.78, 5) is 8.36. The highest BCUT2D eigenvalue weighted by Crippen LogP contribution is 2.20. The number of nitrogens with one attached hydrogen (secondary N) is 1. The third kappa shape index (κ3) is 4.21. The van der Waals surface area contributed by atoms with E-state index in [0.29, 0.717) is 18.9 Å². The fourth-order valence-corrected chi connectivity index (χ4v) is 4.12. The standard InChI is InChI=1S/C17H21N5O2S/c1-14(15-7-9-18-10-8-15)20-21-17-6-5-16(13-19-17)25(23,24)22-11-3-2-4-12-22/h5-10,13H,2-4,11-12H2,1H3,(H,19,21)/b20-14+. The van der Waals surface area contributed by atoms with E-state index < -0.39 is 10.0 Å². The number of hydrazone groups is 1. The molecule has 3 heterocycles. The van der Waals surface area contributed by atoms with Crippen molar-refractivity contribution < 1.29 is 8.42 Å². The molecule has 1 fully saturated rings. The van der Waals surface area contributed by atoms with Crippen LogP contribution < -0.4 is 5.43 Å². The van der Waals surface area contributed by atoms with Gasteiger partial charge in [0.2, 0.25) is 10.0 Å². The van der Waals surface area contributed by atoms with Gasteiger partial charge in [-0.05, 0) is 44.0 Å². The molecule has 8 heteroatoms. The molecule has 25 heavy (non-hydrogen) atoms. The molecular weight excluding hydrogens is 338 g/mol. The second-order valence-corrected chi connectivity index (χ2v) is 7.83. The molecule has 1 saturated heterocycles. The van der Waals surface area contributed by atoms with E-state index in [-0.39, 0.29) is 4.90 Å². The third-order valence-corrected chi connectivity index (χ3v) is 6.01. The fraction of sp³-hybridized carbons (Fsp3) is 0.353. The average Bonchev–Trinajstić information content (AvgIpc) is 2.68. The van der Waals surface area contributed by atoms with E-state index in [0.717, 1.165) is 30.5 Å². The van der Waals surface area contributed by atoms with E-state index in [1.165, 1.54) is 10.5 Å². The number of piperidine rings is 1. The maximum Gasteiger partial charge on any atom is 0.244 e. The summed E-state index contributed by atoms with van der Waals surface area (Å²) in [6.45, 7) is 3.03. The van der Waals surface area contributed by atoms with Gasteiger partial charge in [-0.15, -0.1) is 0 Å². The van der Waals surface area contributed by atoms with E-state index in [1.54, 1.807) is 24.5 Å². The molecule has 0 radical (unpaired) electrons. The van der Waals surface area contributed by atoms with Crippen LogP contribution in [0.2, 0.25) is 0 Å². The van der Waals surface area contributed by atoms with Crippen molar-refractivity contribution in [3.8, 4) is 0 Å². The minimum atomic E-state index is -3.45. The summed E-state index contributed by atoms with van der Waals surface area (Å²) in [6, 6.07) is 6.92. The van der Waals surface area contributed by atoms with Gasteiger partial charge in [0, 0.05) is 37.2 Å². The lowest BCUT2D eigenvalue weighted by molar-refractivity contribution is 0.346. The SMILES string of the molecule is C/C(=N\Nc1ccc(S(=O)(=O)N2CCCCC2)cn1)c1ccncc1. The van der Waals surface area contributed by atoms with Crippen molar-refractivity contribution in [2.75, 3.05) is 18.5 Å². The number of nitrogens with zero attached hydrogens (tertiary/aromatic N) is 4. The Bertz CT molecular complexity index is 829. The molecule has 7 nitrogen and oxygen atoms in total. The lowest BCUT2D eigenvalue weighted by atomic mass is 10.2. The number of hydrogen-bond acceptors (Lipinski definition) is 6. The molecule has 0 spiro atoms. The average molecular weight is 359 g/mol. The van der Waals surface area contributed by atoms with Crippen molar-refractivity contribution in [1.82, 2.24) is 14.3 Å². The molecular formula is C17H21N5O2S. The predicted octanol–water partition coefficient (Wildman–Crippen LogP) is 2.49. The molecule has 0 aliphatic carbocycles. The van der Waals surface area contributed by atoms with Gasteiger partial charge >= 0.3 is 0 Å². The molecule has 0 bridgehead atoms. The minimum Gasteiger partial charge on any atom is -0.265 e. The third-order valence-electron chi connectivity index (χ3n) is 4.13.